The van der Waals surface area contributed by atoms with Crippen LogP contribution in [0.15, 0.2) is 182 Å². The Morgan fingerprint density at radius 3 is 1.66 bits per heavy atom. The maximum Gasteiger partial charge on any atom is 0.0714 e. The van der Waals surface area contributed by atoms with Gasteiger partial charge in [-0.1, -0.05) is 152 Å². The second-order valence-electron chi connectivity index (χ2n) is 11.4. The van der Waals surface area contributed by atoms with Crippen LogP contribution in [0.4, 0.5) is 11.4 Å². The molecule has 8 rings (SSSR count). The Morgan fingerprint density at radius 2 is 0.932 bits per heavy atom. The molecule has 1 aliphatic carbocycles. The zero-order valence-corrected chi connectivity index (χ0v) is 24.3. The van der Waals surface area contributed by atoms with Crippen molar-refractivity contribution in [2.75, 3.05) is 5.32 Å². The third-order valence-electron chi connectivity index (χ3n) is 8.92. The van der Waals surface area contributed by atoms with Gasteiger partial charge in [0.25, 0.3) is 0 Å². The summed E-state index contributed by atoms with van der Waals surface area (Å²) in [7, 11) is 0. The Balaban J connectivity index is 1.44. The third-order valence-corrected chi connectivity index (χ3v) is 8.92. The fourth-order valence-electron chi connectivity index (χ4n) is 7.04. The van der Waals surface area contributed by atoms with Crippen molar-refractivity contribution in [3.8, 4) is 33.4 Å². The molecule has 44 heavy (non-hydrogen) atoms. The maximum absolute atomic E-state index is 3.65. The Labute approximate surface area is 259 Å². The van der Waals surface area contributed by atoms with E-state index in [2.05, 4.69) is 181 Å². The number of anilines is 2. The molecule has 1 nitrogen and oxygen atoms in total. The fraction of sp³-hybridized carbons (Fsp3) is 0.0233. The van der Waals surface area contributed by atoms with E-state index in [1.807, 2.05) is 6.07 Å². The van der Waals surface area contributed by atoms with E-state index in [0.29, 0.717) is 0 Å². The molecule has 7 aromatic rings. The van der Waals surface area contributed by atoms with Crippen molar-refractivity contribution in [2.24, 2.45) is 0 Å². The smallest absolute Gasteiger partial charge is 0.0714 e. The number of nitrogens with one attached hydrogen (secondary N) is 1. The highest BCUT2D eigenvalue weighted by Crippen LogP contribution is 2.59. The minimum Gasteiger partial charge on any atom is -0.356 e. The van der Waals surface area contributed by atoms with Gasteiger partial charge in [-0.05, 0) is 86.0 Å². The molecule has 0 heterocycles. The zero-order chi connectivity index (χ0) is 29.3. The lowest BCUT2D eigenvalue weighted by molar-refractivity contribution is 0.769. The van der Waals surface area contributed by atoms with Crippen LogP contribution in [0.2, 0.25) is 0 Å². The largest absolute Gasteiger partial charge is 0.356 e. The minimum atomic E-state index is -0.500. The Kier molecular flexibility index (Phi) is 6.43. The van der Waals surface area contributed by atoms with Crippen LogP contribution in [0.1, 0.15) is 22.3 Å². The first-order chi connectivity index (χ1) is 21.8. The van der Waals surface area contributed by atoms with E-state index in [9.17, 15) is 0 Å². The van der Waals surface area contributed by atoms with E-state index < -0.39 is 5.41 Å². The molecule has 1 aliphatic rings. The molecule has 0 radical (unpaired) electrons. The summed E-state index contributed by atoms with van der Waals surface area (Å²) in [4.78, 5) is 0. The highest BCUT2D eigenvalue weighted by Gasteiger charge is 2.47. The molecule has 0 fully saturated rings. The van der Waals surface area contributed by atoms with Gasteiger partial charge in [0.15, 0.2) is 0 Å². The van der Waals surface area contributed by atoms with Gasteiger partial charge in [0, 0.05) is 11.4 Å². The average molecular weight is 562 g/mol. The summed E-state index contributed by atoms with van der Waals surface area (Å²) in [5, 5.41) is 3.65. The summed E-state index contributed by atoms with van der Waals surface area (Å²) >= 11 is 0. The summed E-state index contributed by atoms with van der Waals surface area (Å²) in [6.45, 7) is 0. The molecule has 0 spiro atoms. The van der Waals surface area contributed by atoms with E-state index in [0.717, 1.165) is 11.4 Å². The predicted octanol–water partition coefficient (Wildman–Crippen LogP) is 11.1. The monoisotopic (exact) mass is 561 g/mol. The van der Waals surface area contributed by atoms with Crippen LogP contribution < -0.4 is 5.32 Å². The number of fused-ring (bicyclic) bond motifs is 3. The van der Waals surface area contributed by atoms with Crippen molar-refractivity contribution in [2.45, 2.75) is 5.41 Å². The lowest BCUT2D eigenvalue weighted by Crippen LogP contribution is -2.28. The predicted molar refractivity (Wildman–Crippen MR) is 184 cm³/mol. The Hall–Kier alpha value is -5.66. The van der Waals surface area contributed by atoms with E-state index in [1.165, 1.54) is 55.6 Å². The molecule has 208 valence electrons. The Morgan fingerprint density at radius 1 is 0.341 bits per heavy atom. The molecular formula is C43H31N. The first-order valence-electron chi connectivity index (χ1n) is 15.2. The fourth-order valence-corrected chi connectivity index (χ4v) is 7.04. The molecule has 0 amide bonds. The quantitative estimate of drug-likeness (QED) is 0.213. The van der Waals surface area contributed by atoms with Crippen molar-refractivity contribution in [1.82, 2.24) is 0 Å². The number of hydrogen-bond acceptors (Lipinski definition) is 1. The van der Waals surface area contributed by atoms with Gasteiger partial charge in [-0.3, -0.25) is 0 Å². The standard InChI is InChI=1S/C43H31N/c1-5-15-31(16-6-1)33-27-28-40-39(29-33)42-38(32-17-7-2-8-18-32)25-14-26-41(42)43(40,34-19-9-3-10-20-34)35-21-13-24-37(30-35)44-36-22-11-4-12-23-36/h1-30,44H. The summed E-state index contributed by atoms with van der Waals surface area (Å²) < 4.78 is 0. The van der Waals surface area contributed by atoms with Crippen molar-refractivity contribution < 1.29 is 0 Å². The van der Waals surface area contributed by atoms with Gasteiger partial charge in [0.2, 0.25) is 0 Å². The van der Waals surface area contributed by atoms with Gasteiger partial charge in [-0.25, -0.2) is 0 Å². The van der Waals surface area contributed by atoms with Gasteiger partial charge in [0.05, 0.1) is 5.41 Å². The second-order valence-corrected chi connectivity index (χ2v) is 11.4. The highest BCUT2D eigenvalue weighted by molar-refractivity contribution is 5.97. The van der Waals surface area contributed by atoms with E-state index >= 15 is 0 Å². The summed E-state index contributed by atoms with van der Waals surface area (Å²) in [5.41, 5.74) is 14.3. The SMILES string of the molecule is c1ccc(Nc2cccc(C3(c4ccccc4)c4ccc(-c5ccccc5)cc4-c4c(-c5ccccc5)cccc43)c2)cc1. The van der Waals surface area contributed by atoms with Crippen molar-refractivity contribution in [1.29, 1.82) is 0 Å². The molecule has 0 saturated carbocycles. The number of hydrogen-bond donors (Lipinski definition) is 1. The van der Waals surface area contributed by atoms with Crippen molar-refractivity contribution in [3.63, 3.8) is 0 Å². The van der Waals surface area contributed by atoms with Crippen LogP contribution in [0.25, 0.3) is 33.4 Å². The average Bonchev–Trinajstić information content (AvgIpc) is 3.41. The van der Waals surface area contributed by atoms with Crippen molar-refractivity contribution >= 4 is 11.4 Å². The highest BCUT2D eigenvalue weighted by atomic mass is 14.9. The van der Waals surface area contributed by atoms with Crippen LogP contribution in [-0.4, -0.2) is 0 Å². The number of benzene rings is 7. The Bertz CT molecular complexity index is 2070. The summed E-state index contributed by atoms with van der Waals surface area (Å²) in [6.07, 6.45) is 0. The van der Waals surface area contributed by atoms with Crippen LogP contribution >= 0.6 is 0 Å². The molecule has 0 aliphatic heterocycles. The lowest BCUT2D eigenvalue weighted by atomic mass is 9.67. The molecular weight excluding hydrogens is 530 g/mol. The van der Waals surface area contributed by atoms with Gasteiger partial charge >= 0.3 is 0 Å². The van der Waals surface area contributed by atoms with Gasteiger partial charge < -0.3 is 5.32 Å². The topological polar surface area (TPSA) is 12.0 Å². The van der Waals surface area contributed by atoms with Gasteiger partial charge in [-0.2, -0.15) is 0 Å². The van der Waals surface area contributed by atoms with E-state index in [-0.39, 0.29) is 0 Å². The molecule has 7 aromatic carbocycles. The van der Waals surface area contributed by atoms with Gasteiger partial charge in [-0.15, -0.1) is 0 Å². The van der Waals surface area contributed by atoms with E-state index in [1.54, 1.807) is 0 Å². The van der Waals surface area contributed by atoms with Crippen molar-refractivity contribution in [3.05, 3.63) is 204 Å². The molecule has 1 N–H and O–H groups in total. The normalized spacial score (nSPS) is 14.9. The number of para-hydroxylation sites is 1. The van der Waals surface area contributed by atoms with Crippen LogP contribution in [0.3, 0.4) is 0 Å². The maximum atomic E-state index is 3.65. The minimum absolute atomic E-state index is 0.500. The first kappa shape index (κ1) is 26.0. The summed E-state index contributed by atoms with van der Waals surface area (Å²) in [5.74, 6) is 0. The van der Waals surface area contributed by atoms with Gasteiger partial charge in [0.1, 0.15) is 0 Å². The molecule has 1 atom stereocenters. The van der Waals surface area contributed by atoms with E-state index in [4.69, 9.17) is 0 Å². The molecule has 0 aromatic heterocycles. The number of rotatable bonds is 6. The molecule has 1 unspecified atom stereocenters. The van der Waals surface area contributed by atoms with Crippen LogP contribution in [0.5, 0.6) is 0 Å². The van der Waals surface area contributed by atoms with Crippen LogP contribution in [0, 0.1) is 0 Å². The second kappa shape index (κ2) is 10.9. The third kappa shape index (κ3) is 4.25. The van der Waals surface area contributed by atoms with Crippen LogP contribution in [-0.2, 0) is 5.41 Å². The summed E-state index contributed by atoms with van der Waals surface area (Å²) in [6, 6.07) is 65.8. The molecule has 1 heteroatoms. The first-order valence-corrected chi connectivity index (χ1v) is 15.2. The molecule has 0 bridgehead atoms. The zero-order valence-electron chi connectivity index (χ0n) is 24.3. The lowest BCUT2D eigenvalue weighted by Gasteiger charge is -2.34. The molecule has 0 saturated heterocycles.